The molecule has 0 aromatic heterocycles. The quantitative estimate of drug-likeness (QED) is 0.417. The van der Waals surface area contributed by atoms with Gasteiger partial charge in [0.2, 0.25) is 0 Å². The zero-order chi connectivity index (χ0) is 24.8. The van der Waals surface area contributed by atoms with Crippen LogP contribution in [-0.2, 0) is 9.47 Å². The Morgan fingerprint density at radius 3 is 2.22 bits per heavy atom. The second-order valence-electron chi connectivity index (χ2n) is 11.5. The largest absolute Gasteiger partial charge is 0.493 e. The zero-order valence-corrected chi connectivity index (χ0v) is 21.8. The molecule has 1 aliphatic rings. The van der Waals surface area contributed by atoms with Gasteiger partial charge in [0.05, 0.1) is 0 Å². The number of hydrogen-bond acceptors (Lipinski definition) is 4. The molecule has 0 aliphatic carbocycles. The van der Waals surface area contributed by atoms with Gasteiger partial charge in [-0.15, -0.1) is 0 Å². The molecule has 0 unspecified atom stereocenters. The summed E-state index contributed by atoms with van der Waals surface area (Å²) >= 11 is 0. The average Bonchev–Trinajstić information content (AvgIpc) is 2.58. The lowest BCUT2D eigenvalue weighted by atomic mass is 9.86. The Balaban J connectivity index is 3.54. The summed E-state index contributed by atoms with van der Waals surface area (Å²) in [6.45, 7) is 29.0. The molecule has 0 saturated heterocycles. The molecular formula is C28H42N2O2. The molecule has 0 aromatic carbocycles. The predicted octanol–water partition coefficient (Wildman–Crippen LogP) is 8.15. The molecule has 32 heavy (non-hydrogen) atoms. The van der Waals surface area contributed by atoms with E-state index >= 15 is 0 Å². The van der Waals surface area contributed by atoms with E-state index < -0.39 is 11.2 Å². The molecule has 0 radical (unpaired) electrons. The lowest BCUT2D eigenvalue weighted by molar-refractivity contribution is -0.0480. The highest BCUT2D eigenvalue weighted by Crippen LogP contribution is 2.32. The SMILES string of the molecule is C=C/C(=C\C1=C\OC(C)(C)CC(C)(C)O/C(=C/C=C/C(C)(C)C)C(=C)N=C=N1)C(C)(C)C. The molecule has 4 nitrogen and oxygen atoms in total. The predicted molar refractivity (Wildman–Crippen MR) is 136 cm³/mol. The third-order valence-corrected chi connectivity index (χ3v) is 4.62. The highest BCUT2D eigenvalue weighted by Gasteiger charge is 2.32. The summed E-state index contributed by atoms with van der Waals surface area (Å²) in [5.74, 6) is 0.581. The Morgan fingerprint density at radius 1 is 1.06 bits per heavy atom. The van der Waals surface area contributed by atoms with Crippen molar-refractivity contribution in [3.8, 4) is 0 Å². The zero-order valence-electron chi connectivity index (χ0n) is 21.8. The van der Waals surface area contributed by atoms with Crippen LogP contribution in [-0.4, -0.2) is 17.2 Å². The summed E-state index contributed by atoms with van der Waals surface area (Å²) < 4.78 is 12.5. The van der Waals surface area contributed by atoms with Gasteiger partial charge >= 0.3 is 0 Å². The van der Waals surface area contributed by atoms with Crippen LogP contribution in [0.5, 0.6) is 0 Å². The van der Waals surface area contributed by atoms with Crippen molar-refractivity contribution in [1.82, 2.24) is 0 Å². The van der Waals surface area contributed by atoms with Crippen molar-refractivity contribution in [3.63, 3.8) is 0 Å². The van der Waals surface area contributed by atoms with Crippen LogP contribution in [0.2, 0.25) is 0 Å². The Kier molecular flexibility index (Phi) is 8.89. The van der Waals surface area contributed by atoms with Crippen LogP contribution in [0.4, 0.5) is 0 Å². The van der Waals surface area contributed by atoms with Crippen molar-refractivity contribution in [1.29, 1.82) is 0 Å². The van der Waals surface area contributed by atoms with Crippen LogP contribution in [0.1, 0.15) is 75.7 Å². The first-order valence-electron chi connectivity index (χ1n) is 11.1. The lowest BCUT2D eigenvalue weighted by Gasteiger charge is -2.35. The number of allylic oxidation sites excluding steroid dienone is 6. The Bertz CT molecular complexity index is 889. The third kappa shape index (κ3) is 10.2. The van der Waals surface area contributed by atoms with E-state index in [1.807, 2.05) is 52.0 Å². The molecule has 176 valence electrons. The fraction of sp³-hybridized carbons (Fsp3) is 0.536. The van der Waals surface area contributed by atoms with E-state index in [9.17, 15) is 0 Å². The lowest BCUT2D eigenvalue weighted by Crippen LogP contribution is -2.36. The van der Waals surface area contributed by atoms with Crippen LogP contribution in [0, 0.1) is 10.8 Å². The maximum Gasteiger partial charge on any atom is 0.145 e. The second kappa shape index (κ2) is 10.4. The van der Waals surface area contributed by atoms with Gasteiger partial charge in [-0.1, -0.05) is 72.9 Å². The van der Waals surface area contributed by atoms with Gasteiger partial charge < -0.3 is 9.47 Å². The van der Waals surface area contributed by atoms with E-state index in [1.165, 1.54) is 0 Å². The maximum atomic E-state index is 6.34. The smallest absolute Gasteiger partial charge is 0.145 e. The second-order valence-corrected chi connectivity index (χ2v) is 11.5. The molecular weight excluding hydrogens is 396 g/mol. The molecule has 1 heterocycles. The van der Waals surface area contributed by atoms with Crippen molar-refractivity contribution in [3.05, 3.63) is 72.5 Å². The Hall–Kier alpha value is -2.58. The molecule has 0 saturated carbocycles. The minimum atomic E-state index is -0.513. The van der Waals surface area contributed by atoms with Crippen molar-refractivity contribution in [2.75, 3.05) is 0 Å². The van der Waals surface area contributed by atoms with Crippen LogP contribution in [0.25, 0.3) is 0 Å². The molecule has 1 rings (SSSR count). The van der Waals surface area contributed by atoms with Gasteiger partial charge in [-0.25, -0.2) is 0 Å². The van der Waals surface area contributed by atoms with E-state index in [4.69, 9.17) is 9.47 Å². The molecule has 0 spiro atoms. The third-order valence-electron chi connectivity index (χ3n) is 4.62. The van der Waals surface area contributed by atoms with E-state index in [0.29, 0.717) is 23.6 Å². The number of hydrogen-bond donors (Lipinski definition) is 0. The molecule has 0 N–H and O–H groups in total. The number of nitrogens with zero attached hydrogens (tertiary/aromatic N) is 2. The van der Waals surface area contributed by atoms with E-state index in [0.717, 1.165) is 5.57 Å². The van der Waals surface area contributed by atoms with Crippen LogP contribution in [0.15, 0.2) is 82.5 Å². The van der Waals surface area contributed by atoms with Gasteiger partial charge in [0.25, 0.3) is 0 Å². The Morgan fingerprint density at radius 2 is 1.69 bits per heavy atom. The van der Waals surface area contributed by atoms with Gasteiger partial charge in [-0.2, -0.15) is 9.98 Å². The summed E-state index contributed by atoms with van der Waals surface area (Å²) in [7, 11) is 0. The first-order chi connectivity index (χ1) is 14.4. The minimum Gasteiger partial charge on any atom is -0.493 e. The first-order valence-corrected chi connectivity index (χ1v) is 11.1. The fourth-order valence-electron chi connectivity index (χ4n) is 3.27. The van der Waals surface area contributed by atoms with Gasteiger partial charge in [-0.3, -0.25) is 0 Å². The normalized spacial score (nSPS) is 23.1. The molecule has 0 bridgehead atoms. The van der Waals surface area contributed by atoms with Crippen molar-refractivity contribution in [2.45, 2.75) is 86.9 Å². The number of ether oxygens (including phenoxy) is 2. The van der Waals surface area contributed by atoms with Crippen molar-refractivity contribution < 1.29 is 9.47 Å². The summed E-state index contributed by atoms with van der Waals surface area (Å²) in [5.41, 5.74) is 1.09. The number of aliphatic imine (C=N–C) groups is 2. The highest BCUT2D eigenvalue weighted by molar-refractivity contribution is 5.50. The molecule has 0 aromatic rings. The van der Waals surface area contributed by atoms with E-state index in [-0.39, 0.29) is 10.8 Å². The van der Waals surface area contributed by atoms with E-state index in [2.05, 4.69) is 76.8 Å². The Labute approximate surface area is 195 Å². The van der Waals surface area contributed by atoms with Crippen molar-refractivity contribution >= 4 is 6.01 Å². The topological polar surface area (TPSA) is 43.2 Å². The molecule has 0 fully saturated rings. The summed E-state index contributed by atoms with van der Waals surface area (Å²) in [4.78, 5) is 8.71. The standard InChI is InChI=1S/C28H42N2O2/c1-13-22(26(6,7)8)17-23-18-31-27(9,10)19-28(11,12)32-24(21(2)29-20-30-23)15-14-16-25(3,4)5/h13-18H,1-2,19H2,3-12H3/b16-14+,22-17+,23-18-,24-15+. The van der Waals surface area contributed by atoms with E-state index in [1.54, 1.807) is 6.26 Å². The highest BCUT2D eigenvalue weighted by atomic mass is 16.5. The van der Waals surface area contributed by atoms with Gasteiger partial charge in [-0.05, 0) is 56.3 Å². The first kappa shape index (κ1) is 27.5. The summed E-state index contributed by atoms with van der Waals surface area (Å²) in [6, 6.07) is 2.75. The summed E-state index contributed by atoms with van der Waals surface area (Å²) in [5, 5.41) is 0. The van der Waals surface area contributed by atoms with Gasteiger partial charge in [0.1, 0.15) is 40.6 Å². The minimum absolute atomic E-state index is 0.0573. The maximum absolute atomic E-state index is 6.34. The number of rotatable bonds is 3. The fourth-order valence-corrected chi connectivity index (χ4v) is 3.27. The van der Waals surface area contributed by atoms with Gasteiger partial charge in [0, 0.05) is 6.42 Å². The molecule has 0 atom stereocenters. The molecule has 1 aliphatic heterocycles. The van der Waals surface area contributed by atoms with Crippen LogP contribution < -0.4 is 0 Å². The molecule has 4 heteroatoms. The summed E-state index contributed by atoms with van der Waals surface area (Å²) in [6.07, 6.45) is 12.1. The average molecular weight is 439 g/mol. The van der Waals surface area contributed by atoms with Crippen molar-refractivity contribution in [2.24, 2.45) is 20.8 Å². The monoisotopic (exact) mass is 438 g/mol. The van der Waals surface area contributed by atoms with Crippen LogP contribution in [0.3, 0.4) is 0 Å². The van der Waals surface area contributed by atoms with Crippen LogP contribution >= 0.6 is 0 Å². The van der Waals surface area contributed by atoms with Gasteiger partial charge in [0.15, 0.2) is 0 Å². The molecule has 0 amide bonds.